The van der Waals surface area contributed by atoms with Crippen LogP contribution in [-0.2, 0) is 47.7 Å². The second-order valence-electron chi connectivity index (χ2n) is 20.1. The average Bonchev–Trinajstić information content (AvgIpc) is 0.902. The summed E-state index contributed by atoms with van der Waals surface area (Å²) in [6.45, 7) is 3.49. The standard InChI is InChI=1S/C25H27N3O10.C25H25N3O10.C13H14N2O5.3CH4/c2*1-37-24(31)18(15-22(29)16-7-11-19(12-8-16)27(33)34)5-3-4-6-21(25(32)38-2)26-23(30)17-9-13-20(14-10-17)28(35)36;1-3-4-11(13(17)20-2)14-12(16)9-5-7-10(8-6-9)15(18)19;;;/h7-14,18,21H,3-6,15H2,1-2H3,(H,26,30);3-4,7-14,18,21H,5-6,15H2,1-2H3,(H,26,30);3,5-8,11H,1,4H2,2H3,(H,14,16);3*1H4/t2*18-,21+;11-;;;/m110.../s1. The molecule has 5 rings (SSSR count). The summed E-state index contributed by atoms with van der Waals surface area (Å²) < 4.78 is 23.6. The van der Waals surface area contributed by atoms with Crippen molar-refractivity contribution in [3.63, 3.8) is 0 Å². The van der Waals surface area contributed by atoms with Gasteiger partial charge in [-0.1, -0.05) is 53.3 Å². The summed E-state index contributed by atoms with van der Waals surface area (Å²) in [5.74, 6) is -7.42. The van der Waals surface area contributed by atoms with Crippen LogP contribution in [0.4, 0.5) is 28.4 Å². The first-order valence-electron chi connectivity index (χ1n) is 28.5. The van der Waals surface area contributed by atoms with Crippen LogP contribution in [0.3, 0.4) is 0 Å². The molecule has 0 fully saturated rings. The van der Waals surface area contributed by atoms with E-state index < -0.39 is 108 Å². The van der Waals surface area contributed by atoms with E-state index in [1.54, 1.807) is 6.08 Å². The number of amides is 3. The molecule has 5 aromatic carbocycles. The lowest BCUT2D eigenvalue weighted by atomic mass is 9.92. The fraction of sp³-hybridized carbons (Fsp3) is 0.333. The Kier molecular flexibility index (Phi) is 38.8. The normalized spacial score (nSPS) is 11.6. The van der Waals surface area contributed by atoms with Gasteiger partial charge in [-0.25, -0.2) is 14.4 Å². The van der Waals surface area contributed by atoms with E-state index in [2.05, 4.69) is 27.3 Å². The molecule has 532 valence electrons. The van der Waals surface area contributed by atoms with Gasteiger partial charge < -0.3 is 39.6 Å². The smallest absolute Gasteiger partial charge is 0.328 e. The van der Waals surface area contributed by atoms with E-state index >= 15 is 0 Å². The molecule has 0 heterocycles. The Morgan fingerprint density at radius 2 is 0.616 bits per heavy atom. The summed E-state index contributed by atoms with van der Waals surface area (Å²) in [6.07, 6.45) is 5.73. The lowest BCUT2D eigenvalue weighted by molar-refractivity contribution is -0.385. The second kappa shape index (κ2) is 44.4. The molecule has 0 aliphatic carbocycles. The number of carbonyl (C=O) groups excluding carboxylic acids is 10. The number of nitro benzene ring substituents is 5. The number of hydrogen-bond acceptors (Lipinski definition) is 25. The van der Waals surface area contributed by atoms with Crippen LogP contribution in [0.25, 0.3) is 0 Å². The van der Waals surface area contributed by atoms with Crippen molar-refractivity contribution in [2.24, 2.45) is 11.8 Å². The van der Waals surface area contributed by atoms with E-state index in [-0.39, 0.29) is 129 Å². The van der Waals surface area contributed by atoms with Crippen molar-refractivity contribution in [1.82, 2.24) is 16.0 Å². The van der Waals surface area contributed by atoms with Crippen LogP contribution in [0.5, 0.6) is 0 Å². The van der Waals surface area contributed by atoms with Gasteiger partial charge in [0.15, 0.2) is 11.6 Å². The van der Waals surface area contributed by atoms with Gasteiger partial charge >= 0.3 is 29.8 Å². The first kappa shape index (κ1) is 86.7. The van der Waals surface area contributed by atoms with Crippen LogP contribution in [0, 0.1) is 62.4 Å². The molecular weight excluding hydrogens is 1300 g/mol. The first-order chi connectivity index (χ1) is 45.6. The van der Waals surface area contributed by atoms with Gasteiger partial charge in [-0.3, -0.25) is 84.1 Å². The number of allylic oxidation sites excluding steroid dienone is 1. The highest BCUT2D eigenvalue weighted by molar-refractivity contribution is 6.00. The van der Waals surface area contributed by atoms with Crippen LogP contribution in [0.2, 0.25) is 0 Å². The largest absolute Gasteiger partial charge is 0.469 e. The zero-order valence-corrected chi connectivity index (χ0v) is 52.2. The first-order valence-corrected chi connectivity index (χ1v) is 28.5. The molecule has 0 unspecified atom stereocenters. The minimum absolute atomic E-state index is 0. The maximum absolute atomic E-state index is 12.6. The van der Waals surface area contributed by atoms with Crippen molar-refractivity contribution in [3.05, 3.63) is 225 Å². The van der Waals surface area contributed by atoms with E-state index in [0.717, 1.165) is 19.2 Å². The summed E-state index contributed by atoms with van der Waals surface area (Å²) in [6, 6.07) is 21.9. The molecule has 33 heteroatoms. The fourth-order valence-electron chi connectivity index (χ4n) is 8.55. The Morgan fingerprint density at radius 1 is 0.364 bits per heavy atom. The molecule has 5 aromatic rings. The predicted molar refractivity (Wildman–Crippen MR) is 356 cm³/mol. The van der Waals surface area contributed by atoms with Gasteiger partial charge in [-0.15, -0.1) is 6.58 Å². The number of Topliss-reactive ketones (excluding diaryl/α,β-unsaturated/α-hetero) is 2. The van der Waals surface area contributed by atoms with Crippen molar-refractivity contribution in [3.8, 4) is 0 Å². The quantitative estimate of drug-likeness (QED) is 0.00668. The van der Waals surface area contributed by atoms with Crippen molar-refractivity contribution in [2.45, 2.75) is 98.2 Å². The maximum atomic E-state index is 12.6. The summed E-state index contributed by atoms with van der Waals surface area (Å²) in [5, 5.41) is 61.2. The third kappa shape index (κ3) is 28.7. The molecule has 0 aliphatic heterocycles. The Labute approximate surface area is 568 Å². The summed E-state index contributed by atoms with van der Waals surface area (Å²) >= 11 is 0. The van der Waals surface area contributed by atoms with Gasteiger partial charge in [0.1, 0.15) is 18.1 Å². The van der Waals surface area contributed by atoms with Crippen LogP contribution in [0.15, 0.2) is 146 Å². The Hall–Kier alpha value is -12.3. The molecule has 0 saturated carbocycles. The van der Waals surface area contributed by atoms with Gasteiger partial charge in [-0.2, -0.15) is 0 Å². The molecule has 33 nitrogen and oxygen atoms in total. The topological polar surface area (TPSA) is 469 Å². The van der Waals surface area contributed by atoms with E-state index in [9.17, 15) is 98.5 Å². The molecule has 0 radical (unpaired) electrons. The average molecular weight is 1380 g/mol. The predicted octanol–water partition coefficient (Wildman–Crippen LogP) is 9.92. The summed E-state index contributed by atoms with van der Waals surface area (Å²) in [5.41, 5.74) is 0.0494. The van der Waals surface area contributed by atoms with Crippen molar-refractivity contribution < 1.29 is 96.2 Å². The van der Waals surface area contributed by atoms with Gasteiger partial charge in [0.25, 0.3) is 46.2 Å². The molecule has 99 heavy (non-hydrogen) atoms. The lowest BCUT2D eigenvalue weighted by Gasteiger charge is -2.18. The Morgan fingerprint density at radius 3 is 0.919 bits per heavy atom. The zero-order chi connectivity index (χ0) is 71.6. The number of unbranched alkanes of at least 4 members (excludes halogenated alkanes) is 1. The third-order valence-electron chi connectivity index (χ3n) is 13.8. The van der Waals surface area contributed by atoms with Crippen LogP contribution >= 0.6 is 0 Å². The summed E-state index contributed by atoms with van der Waals surface area (Å²) in [7, 11) is 5.91. The highest BCUT2D eigenvalue weighted by Gasteiger charge is 2.28. The minimum atomic E-state index is -1.09. The molecular formula is C66H78N8O25. The van der Waals surface area contributed by atoms with E-state index in [1.165, 1.54) is 150 Å². The highest BCUT2D eigenvalue weighted by Crippen LogP contribution is 2.23. The molecule has 3 N–H and O–H groups in total. The Bertz CT molecular complexity index is 3470. The van der Waals surface area contributed by atoms with Gasteiger partial charge in [0.05, 0.1) is 72.0 Å². The third-order valence-corrected chi connectivity index (χ3v) is 13.8. The highest BCUT2D eigenvalue weighted by atomic mass is 16.6. The van der Waals surface area contributed by atoms with E-state index in [4.69, 9.17) is 18.9 Å². The van der Waals surface area contributed by atoms with Crippen molar-refractivity contribution in [2.75, 3.05) is 35.5 Å². The van der Waals surface area contributed by atoms with E-state index in [1.807, 2.05) is 0 Å². The number of ether oxygens (including phenoxy) is 5. The molecule has 0 aliphatic rings. The van der Waals surface area contributed by atoms with Crippen molar-refractivity contribution in [1.29, 1.82) is 0 Å². The number of benzene rings is 5. The van der Waals surface area contributed by atoms with Gasteiger partial charge in [-0.05, 0) is 92.8 Å². The number of carbonyl (C=O) groups is 10. The minimum Gasteiger partial charge on any atom is -0.469 e. The SMILES string of the molecule is C.C.C.C=CC[C@H](NC(=O)c1ccc([N+](=O)[O-])cc1)C(=O)OC.COC(=O)[C@H](CC=CC[C@H](NC(=O)c1ccc([N+](=O)[O-])cc1)C(=O)OC)CC(=O)c1ccc([N+](=O)[O-])cc1.COC(=O)[C@H](CCCC[C@H](NC(=O)c1ccc([N+](=O)[O-])cc1)C(=O)OC)CC(=O)c1ccc([N+](=O)[O-])cc1. The molecule has 0 spiro atoms. The molecule has 3 amide bonds. The molecule has 0 aromatic heterocycles. The number of methoxy groups -OCH3 is 5. The van der Waals surface area contributed by atoms with E-state index in [0.29, 0.717) is 12.8 Å². The molecule has 0 saturated heterocycles. The monoisotopic (exact) mass is 1380 g/mol. The van der Waals surface area contributed by atoms with Gasteiger partial charge in [0.2, 0.25) is 0 Å². The fourth-order valence-corrected chi connectivity index (χ4v) is 8.55. The lowest BCUT2D eigenvalue weighted by Crippen LogP contribution is -2.41. The zero-order valence-electron chi connectivity index (χ0n) is 52.2. The van der Waals surface area contributed by atoms with Crippen LogP contribution < -0.4 is 16.0 Å². The number of nitrogens with zero attached hydrogens (tertiary/aromatic N) is 5. The number of nitrogens with one attached hydrogen (secondary N) is 3. The summed E-state index contributed by atoms with van der Waals surface area (Å²) in [4.78, 5) is 173. The number of esters is 5. The number of nitro groups is 5. The molecule has 0 bridgehead atoms. The van der Waals surface area contributed by atoms with Crippen LogP contribution in [-0.4, -0.2) is 137 Å². The number of non-ortho nitro benzene ring substituents is 5. The number of ketones is 2. The van der Waals surface area contributed by atoms with Crippen LogP contribution in [0.1, 0.15) is 132 Å². The van der Waals surface area contributed by atoms with Gasteiger partial charge in [0, 0.05) is 101 Å². The maximum Gasteiger partial charge on any atom is 0.328 e. The Balaban J connectivity index is 0.00000150. The van der Waals surface area contributed by atoms with Crippen molar-refractivity contribution >= 4 is 87.6 Å². The second-order valence-corrected chi connectivity index (χ2v) is 20.1. The number of hydrogen-bond donors (Lipinski definition) is 3. The number of rotatable bonds is 33. The molecule has 5 atom stereocenters.